The molecule has 4 heterocycles. The Kier molecular flexibility index (Phi) is 8.29. The summed E-state index contributed by atoms with van der Waals surface area (Å²) in [5, 5.41) is 6.82. The molecule has 3 aromatic rings. The molecule has 30 heavy (non-hydrogen) atoms. The van der Waals surface area contributed by atoms with Crippen LogP contribution in [0, 0.1) is 12.8 Å². The monoisotopic (exact) mass is 556 g/mol. The molecule has 0 amide bonds. The second kappa shape index (κ2) is 10.7. The third-order valence-electron chi connectivity index (χ3n) is 5.53. The molecule has 0 spiro atoms. The second-order valence-corrected chi connectivity index (χ2v) is 9.76. The molecule has 3 aromatic heterocycles. The van der Waals surface area contributed by atoms with Crippen molar-refractivity contribution in [1.82, 2.24) is 24.8 Å². The van der Waals surface area contributed by atoms with Gasteiger partial charge in [0.25, 0.3) is 0 Å². The third kappa shape index (κ3) is 5.42. The van der Waals surface area contributed by atoms with Gasteiger partial charge in [-0.15, -0.1) is 46.7 Å². The van der Waals surface area contributed by atoms with Gasteiger partial charge in [-0.1, -0.05) is 6.92 Å². The molecule has 0 aliphatic carbocycles. The number of rotatable bonds is 5. The van der Waals surface area contributed by atoms with Crippen molar-refractivity contribution >= 4 is 52.6 Å². The number of hydrogen-bond donors (Lipinski definition) is 1. The summed E-state index contributed by atoms with van der Waals surface area (Å²) >= 11 is 3.54. The van der Waals surface area contributed by atoms with Gasteiger partial charge in [0.2, 0.25) is 0 Å². The molecule has 2 unspecified atom stereocenters. The van der Waals surface area contributed by atoms with E-state index in [0.29, 0.717) is 12.0 Å². The van der Waals surface area contributed by atoms with E-state index in [0.717, 1.165) is 49.1 Å². The number of aliphatic imine (C=N–C) groups is 1. The highest BCUT2D eigenvalue weighted by Gasteiger charge is 2.28. The van der Waals surface area contributed by atoms with Crippen LogP contribution in [0.1, 0.15) is 29.3 Å². The van der Waals surface area contributed by atoms with Gasteiger partial charge in [0.15, 0.2) is 5.96 Å². The van der Waals surface area contributed by atoms with Crippen LogP contribution >= 0.6 is 46.7 Å². The number of likely N-dealkylation sites (tertiary alicyclic amines) is 1. The van der Waals surface area contributed by atoms with E-state index < -0.39 is 0 Å². The van der Waals surface area contributed by atoms with Crippen LogP contribution in [0.2, 0.25) is 0 Å². The summed E-state index contributed by atoms with van der Waals surface area (Å²) in [4.78, 5) is 18.4. The highest BCUT2D eigenvalue weighted by molar-refractivity contribution is 14.0. The molecule has 162 valence electrons. The molecule has 1 aliphatic heterocycles. The fraction of sp³-hybridized carbons (Fsp3) is 0.476. The van der Waals surface area contributed by atoms with Crippen molar-refractivity contribution in [2.75, 3.05) is 26.7 Å². The standard InChI is InChI=1S/C21H28N6S2.HI/c1-15-7-10-26(12-19(15)27-11-9-23-14-27)21(22-3)24-8-6-17-4-5-20(29-17)18-13-28-16(2)25-18;/h4-5,9,11,13-15,19H,6-8,10,12H2,1-3H3,(H,22,24);1H. The summed E-state index contributed by atoms with van der Waals surface area (Å²) in [5.74, 6) is 1.63. The van der Waals surface area contributed by atoms with E-state index in [9.17, 15) is 0 Å². The predicted molar refractivity (Wildman–Crippen MR) is 137 cm³/mol. The quantitative estimate of drug-likeness (QED) is 0.282. The Hall–Kier alpha value is -1.46. The number of imidazole rings is 1. The van der Waals surface area contributed by atoms with Gasteiger partial charge >= 0.3 is 0 Å². The van der Waals surface area contributed by atoms with E-state index in [1.807, 2.05) is 30.9 Å². The van der Waals surface area contributed by atoms with Gasteiger partial charge in [0, 0.05) is 49.3 Å². The van der Waals surface area contributed by atoms with Gasteiger partial charge in [-0.25, -0.2) is 9.97 Å². The molecular weight excluding hydrogens is 527 g/mol. The average Bonchev–Trinajstić information content (AvgIpc) is 3.48. The smallest absolute Gasteiger partial charge is 0.193 e. The number of aryl methyl sites for hydroxylation is 1. The molecule has 2 atom stereocenters. The van der Waals surface area contributed by atoms with Gasteiger partial charge in [0.1, 0.15) is 0 Å². The van der Waals surface area contributed by atoms with Crippen molar-refractivity contribution in [1.29, 1.82) is 0 Å². The first kappa shape index (κ1) is 23.2. The van der Waals surface area contributed by atoms with E-state index in [1.165, 1.54) is 9.75 Å². The van der Waals surface area contributed by atoms with Crippen LogP contribution in [0.3, 0.4) is 0 Å². The largest absolute Gasteiger partial charge is 0.356 e. The normalized spacial score (nSPS) is 19.6. The number of thiophene rings is 1. The van der Waals surface area contributed by atoms with Crippen LogP contribution in [0.5, 0.6) is 0 Å². The Bertz CT molecular complexity index is 949. The summed E-state index contributed by atoms with van der Waals surface area (Å²) in [6.45, 7) is 7.26. The van der Waals surface area contributed by atoms with Crippen molar-refractivity contribution < 1.29 is 0 Å². The zero-order valence-electron chi connectivity index (χ0n) is 17.6. The molecule has 1 aliphatic rings. The predicted octanol–water partition coefficient (Wildman–Crippen LogP) is 4.70. The first-order valence-corrected chi connectivity index (χ1v) is 11.8. The van der Waals surface area contributed by atoms with E-state index in [-0.39, 0.29) is 24.0 Å². The minimum Gasteiger partial charge on any atom is -0.356 e. The minimum absolute atomic E-state index is 0. The Balaban J connectivity index is 0.00000256. The lowest BCUT2D eigenvalue weighted by molar-refractivity contribution is 0.189. The lowest BCUT2D eigenvalue weighted by atomic mass is 9.93. The van der Waals surface area contributed by atoms with Crippen molar-refractivity contribution in [2.24, 2.45) is 10.9 Å². The maximum atomic E-state index is 4.59. The van der Waals surface area contributed by atoms with Gasteiger partial charge in [-0.05, 0) is 37.8 Å². The summed E-state index contributed by atoms with van der Waals surface area (Å²) in [7, 11) is 1.88. The zero-order chi connectivity index (χ0) is 20.2. The molecule has 1 fully saturated rings. The molecule has 1 saturated heterocycles. The number of thiazole rings is 1. The summed E-state index contributed by atoms with van der Waals surface area (Å²) in [5.41, 5.74) is 1.10. The van der Waals surface area contributed by atoms with Crippen LogP contribution < -0.4 is 5.32 Å². The molecular formula is C21H29IN6S2. The molecule has 0 radical (unpaired) electrons. The summed E-state index contributed by atoms with van der Waals surface area (Å²) < 4.78 is 2.23. The fourth-order valence-electron chi connectivity index (χ4n) is 3.85. The first-order valence-electron chi connectivity index (χ1n) is 10.1. The van der Waals surface area contributed by atoms with Crippen molar-refractivity contribution in [3.63, 3.8) is 0 Å². The van der Waals surface area contributed by atoms with Gasteiger partial charge in [0.05, 0.1) is 27.9 Å². The number of guanidine groups is 1. The summed E-state index contributed by atoms with van der Waals surface area (Å²) in [6, 6.07) is 4.84. The van der Waals surface area contributed by atoms with Crippen LogP contribution in [0.15, 0.2) is 41.2 Å². The SMILES string of the molecule is CN=C(NCCc1ccc(-c2csc(C)n2)s1)N1CCC(C)C(n2ccnc2)C1.I. The lowest BCUT2D eigenvalue weighted by Gasteiger charge is -2.39. The first-order chi connectivity index (χ1) is 14.1. The third-order valence-corrected chi connectivity index (χ3v) is 7.47. The van der Waals surface area contributed by atoms with Crippen molar-refractivity contribution in [2.45, 2.75) is 32.7 Å². The minimum atomic E-state index is 0. The number of nitrogens with one attached hydrogen (secondary N) is 1. The van der Waals surface area contributed by atoms with Crippen LogP contribution in [0.25, 0.3) is 10.6 Å². The van der Waals surface area contributed by atoms with Gasteiger partial charge in [-0.3, -0.25) is 4.99 Å². The van der Waals surface area contributed by atoms with Crippen LogP contribution in [-0.2, 0) is 6.42 Å². The number of hydrogen-bond acceptors (Lipinski definition) is 5. The van der Waals surface area contributed by atoms with Gasteiger partial charge in [-0.2, -0.15) is 0 Å². The van der Waals surface area contributed by atoms with E-state index >= 15 is 0 Å². The number of halogens is 1. The van der Waals surface area contributed by atoms with E-state index in [4.69, 9.17) is 0 Å². The Morgan fingerprint density at radius 1 is 1.37 bits per heavy atom. The van der Waals surface area contributed by atoms with Crippen LogP contribution in [0.4, 0.5) is 0 Å². The maximum Gasteiger partial charge on any atom is 0.193 e. The molecule has 0 saturated carbocycles. The zero-order valence-corrected chi connectivity index (χ0v) is 21.6. The molecule has 6 nitrogen and oxygen atoms in total. The Labute approximate surface area is 203 Å². The number of aromatic nitrogens is 3. The number of piperidine rings is 1. The lowest BCUT2D eigenvalue weighted by Crippen LogP contribution is -2.49. The molecule has 9 heteroatoms. The van der Waals surface area contributed by atoms with E-state index in [2.05, 4.69) is 67.3 Å². The maximum absolute atomic E-state index is 4.59. The Morgan fingerprint density at radius 3 is 2.93 bits per heavy atom. The van der Waals surface area contributed by atoms with Crippen molar-refractivity contribution in [3.8, 4) is 10.6 Å². The second-order valence-electron chi connectivity index (χ2n) is 7.53. The summed E-state index contributed by atoms with van der Waals surface area (Å²) in [6.07, 6.45) is 8.01. The molecule has 4 rings (SSSR count). The fourth-order valence-corrected chi connectivity index (χ4v) is 5.51. The Morgan fingerprint density at radius 2 is 2.23 bits per heavy atom. The average molecular weight is 557 g/mol. The highest BCUT2D eigenvalue weighted by Crippen LogP contribution is 2.29. The van der Waals surface area contributed by atoms with Crippen molar-refractivity contribution in [3.05, 3.63) is 46.1 Å². The molecule has 0 aromatic carbocycles. The van der Waals surface area contributed by atoms with Gasteiger partial charge < -0.3 is 14.8 Å². The topological polar surface area (TPSA) is 58.3 Å². The molecule has 0 bridgehead atoms. The van der Waals surface area contributed by atoms with Crippen LogP contribution in [-0.4, -0.2) is 52.1 Å². The van der Waals surface area contributed by atoms with E-state index in [1.54, 1.807) is 11.3 Å². The highest BCUT2D eigenvalue weighted by atomic mass is 127. The molecule has 1 N–H and O–H groups in total. The number of nitrogens with zero attached hydrogens (tertiary/aromatic N) is 5.